The molecule has 0 aromatic carbocycles. The van der Waals surface area contributed by atoms with Gasteiger partial charge in [-0.3, -0.25) is 0 Å². The van der Waals surface area contributed by atoms with Crippen molar-refractivity contribution in [2.24, 2.45) is 0 Å². The fraction of sp³-hybridized carbons (Fsp3) is 0.500. The van der Waals surface area contributed by atoms with E-state index < -0.39 is 36.4 Å². The van der Waals surface area contributed by atoms with Crippen LogP contribution in [0.1, 0.15) is 12.8 Å². The summed E-state index contributed by atoms with van der Waals surface area (Å²) < 4.78 is 0. The van der Waals surface area contributed by atoms with Gasteiger partial charge in [0.2, 0.25) is 0 Å². The minimum absolute atomic E-state index is 0. The molecule has 10 heteroatoms. The Bertz CT molecular complexity index is 243. The van der Waals surface area contributed by atoms with Gasteiger partial charge >= 0.3 is 52.6 Å². The van der Waals surface area contributed by atoms with Crippen molar-refractivity contribution in [3.8, 4) is 0 Å². The van der Waals surface area contributed by atoms with Crippen molar-refractivity contribution in [2.45, 2.75) is 18.4 Å². The number of carboxylic acid groups (broad SMARTS) is 3. The van der Waals surface area contributed by atoms with Crippen LogP contribution in [0.2, 0.25) is 0 Å². The minimum atomic E-state index is -2.86. The van der Waals surface area contributed by atoms with E-state index in [-0.39, 0.29) is 59.0 Å². The summed E-state index contributed by atoms with van der Waals surface area (Å²) in [6.45, 7) is 0. The predicted molar refractivity (Wildman–Crippen MR) is 31.8 cm³/mol. The van der Waals surface area contributed by atoms with E-state index in [1.165, 1.54) is 0 Å². The van der Waals surface area contributed by atoms with Gasteiger partial charge in [0.25, 0.3) is 0 Å². The molecule has 0 heterocycles. The van der Waals surface area contributed by atoms with Crippen LogP contribution < -0.4 is 52.2 Å². The Morgan fingerprint density at radius 2 is 1.31 bits per heavy atom. The van der Waals surface area contributed by atoms with Crippen LogP contribution in [0.25, 0.3) is 0 Å². The van der Waals surface area contributed by atoms with Gasteiger partial charge in [0.05, 0.1) is 0 Å². The number of halogens is 1. The van der Waals surface area contributed by atoms with Gasteiger partial charge in [-0.15, -0.1) is 0 Å². The molecular formula is C6H6ClFeNaO7. The minimum Gasteiger partial charge on any atom is -1.00 e. The van der Waals surface area contributed by atoms with Crippen LogP contribution >= 0.6 is 0 Å². The number of carbonyl (C=O) groups is 3. The largest absolute Gasteiger partial charge is 2.00 e. The summed E-state index contributed by atoms with van der Waals surface area (Å²) in [6.07, 6.45) is -2.59. The average molecular weight is 304 g/mol. The van der Waals surface area contributed by atoms with Crippen LogP contribution in [-0.4, -0.2) is 33.7 Å². The summed E-state index contributed by atoms with van der Waals surface area (Å²) in [6, 6.07) is 0. The van der Waals surface area contributed by atoms with E-state index in [1.54, 1.807) is 0 Å². The van der Waals surface area contributed by atoms with E-state index >= 15 is 0 Å². The van der Waals surface area contributed by atoms with Crippen LogP contribution in [-0.2, 0) is 31.5 Å². The first-order valence-corrected chi connectivity index (χ1v) is 3.13. The third-order valence-corrected chi connectivity index (χ3v) is 1.27. The SMILES string of the molecule is O=C([O-])CC(O)(CC(=O)[O-])C(=O)O.[Cl-].[Fe+2].[Na+]. The summed E-state index contributed by atoms with van der Waals surface area (Å²) in [5.74, 6) is -5.65. The van der Waals surface area contributed by atoms with Crippen LogP contribution in [0.15, 0.2) is 0 Å². The van der Waals surface area contributed by atoms with Gasteiger partial charge in [-0.05, 0) is 0 Å². The molecule has 0 unspecified atom stereocenters. The molecular weight excluding hydrogens is 298 g/mol. The van der Waals surface area contributed by atoms with E-state index in [0.717, 1.165) is 0 Å². The first-order chi connectivity index (χ1) is 5.78. The average Bonchev–Trinajstić information content (AvgIpc) is 1.82. The Hall–Kier alpha value is 0.179. The third kappa shape index (κ3) is 9.41. The van der Waals surface area contributed by atoms with Crippen molar-refractivity contribution in [3.63, 3.8) is 0 Å². The number of aliphatic hydroxyl groups is 1. The second-order valence-electron chi connectivity index (χ2n) is 2.43. The molecule has 0 saturated heterocycles. The fourth-order valence-electron chi connectivity index (χ4n) is 0.691. The van der Waals surface area contributed by atoms with Crippen molar-refractivity contribution in [1.82, 2.24) is 0 Å². The normalized spacial score (nSPS) is 8.81. The maximum absolute atomic E-state index is 10.3. The van der Waals surface area contributed by atoms with Crippen molar-refractivity contribution in [2.75, 3.05) is 0 Å². The van der Waals surface area contributed by atoms with Crippen molar-refractivity contribution < 1.29 is 93.8 Å². The zero-order valence-corrected chi connectivity index (χ0v) is 11.9. The number of aliphatic carboxylic acids is 3. The Morgan fingerprint density at radius 3 is 1.44 bits per heavy atom. The van der Waals surface area contributed by atoms with Gasteiger partial charge in [-0.25, -0.2) is 4.79 Å². The summed E-state index contributed by atoms with van der Waals surface area (Å²) in [7, 11) is 0. The summed E-state index contributed by atoms with van der Waals surface area (Å²) in [4.78, 5) is 30.2. The van der Waals surface area contributed by atoms with Crippen molar-refractivity contribution in [3.05, 3.63) is 0 Å². The van der Waals surface area contributed by atoms with Crippen molar-refractivity contribution >= 4 is 17.9 Å². The Balaban J connectivity index is -0.000000240. The first-order valence-electron chi connectivity index (χ1n) is 3.13. The first kappa shape index (κ1) is 25.1. The van der Waals surface area contributed by atoms with Crippen LogP contribution in [0.3, 0.4) is 0 Å². The van der Waals surface area contributed by atoms with Gasteiger partial charge in [0, 0.05) is 24.8 Å². The standard InChI is InChI=1S/C6H8O7.ClH.Fe.Na/c7-3(8)1-6(13,5(11)12)2-4(9)10;;;/h13H,1-2H2,(H,7,8)(H,9,10)(H,11,12);1H;;/q;;+2;+1/p-3. The molecule has 0 aliphatic carbocycles. The molecule has 0 aliphatic heterocycles. The molecule has 88 valence electrons. The molecule has 16 heavy (non-hydrogen) atoms. The van der Waals surface area contributed by atoms with Gasteiger partial charge in [0.15, 0.2) is 5.60 Å². The summed E-state index contributed by atoms with van der Waals surface area (Å²) >= 11 is 0. The Morgan fingerprint density at radius 1 is 1.06 bits per heavy atom. The van der Waals surface area contributed by atoms with E-state index in [0.29, 0.717) is 0 Å². The molecule has 0 spiro atoms. The summed E-state index contributed by atoms with van der Waals surface area (Å²) in [5.41, 5.74) is -2.86. The van der Waals surface area contributed by atoms with Gasteiger partial charge in [-0.1, -0.05) is 0 Å². The molecule has 0 rings (SSSR count). The number of carbonyl (C=O) groups excluding carboxylic acids is 2. The second-order valence-corrected chi connectivity index (χ2v) is 2.43. The molecule has 0 bridgehead atoms. The van der Waals surface area contributed by atoms with E-state index in [1.807, 2.05) is 0 Å². The van der Waals surface area contributed by atoms with Gasteiger partial charge in [0.1, 0.15) is 0 Å². The van der Waals surface area contributed by atoms with E-state index in [2.05, 4.69) is 0 Å². The monoisotopic (exact) mass is 304 g/mol. The third-order valence-electron chi connectivity index (χ3n) is 1.27. The molecule has 0 aromatic heterocycles. The predicted octanol–water partition coefficient (Wildman–Crippen LogP) is -9.91. The maximum atomic E-state index is 10.3. The number of carboxylic acids is 3. The maximum Gasteiger partial charge on any atom is 2.00 e. The molecule has 0 aliphatic rings. The number of hydrogen-bond acceptors (Lipinski definition) is 6. The molecule has 7 nitrogen and oxygen atoms in total. The molecule has 0 amide bonds. The molecule has 0 aromatic rings. The smallest absolute Gasteiger partial charge is 1.00 e. The summed E-state index contributed by atoms with van der Waals surface area (Å²) in [5, 5.41) is 37.2. The Labute approximate surface area is 129 Å². The van der Waals surface area contributed by atoms with Gasteiger partial charge in [-0.2, -0.15) is 0 Å². The topological polar surface area (TPSA) is 138 Å². The quantitative estimate of drug-likeness (QED) is 0.481. The molecule has 0 saturated carbocycles. The molecule has 0 fully saturated rings. The van der Waals surface area contributed by atoms with Crippen LogP contribution in [0.5, 0.6) is 0 Å². The van der Waals surface area contributed by atoms with E-state index in [4.69, 9.17) is 10.2 Å². The zero-order chi connectivity index (χ0) is 10.6. The van der Waals surface area contributed by atoms with Gasteiger partial charge < -0.3 is 42.4 Å². The number of hydrogen-bond donors (Lipinski definition) is 2. The zero-order valence-electron chi connectivity index (χ0n) is 8.08. The second kappa shape index (κ2) is 10.3. The number of rotatable bonds is 5. The van der Waals surface area contributed by atoms with Crippen molar-refractivity contribution in [1.29, 1.82) is 0 Å². The fourth-order valence-corrected chi connectivity index (χ4v) is 0.691. The van der Waals surface area contributed by atoms with Crippen LogP contribution in [0.4, 0.5) is 0 Å². The molecule has 0 radical (unpaired) electrons. The molecule has 2 N–H and O–H groups in total. The Kier molecular flexibility index (Phi) is 16.2. The molecule has 0 atom stereocenters. The van der Waals surface area contributed by atoms with E-state index in [9.17, 15) is 24.6 Å². The van der Waals surface area contributed by atoms with Crippen LogP contribution in [0, 0.1) is 0 Å².